The number of para-hydroxylation sites is 1. The lowest BCUT2D eigenvalue weighted by Gasteiger charge is -2.17. The molecule has 0 fully saturated rings. The van der Waals surface area contributed by atoms with Crippen molar-refractivity contribution in [2.75, 3.05) is 0 Å². The van der Waals surface area contributed by atoms with E-state index in [1.54, 1.807) is 0 Å². The monoisotopic (exact) mass is 824 g/mol. The number of rotatable bonds is 5. The van der Waals surface area contributed by atoms with Crippen LogP contribution in [0.3, 0.4) is 0 Å². The molecule has 300 valence electrons. The molecular weight excluding hydrogens is 789 g/mol. The van der Waals surface area contributed by atoms with Crippen LogP contribution in [0.5, 0.6) is 0 Å². The van der Waals surface area contributed by atoms with Gasteiger partial charge in [-0.3, -0.25) is 0 Å². The summed E-state index contributed by atoms with van der Waals surface area (Å²) >= 11 is 0. The van der Waals surface area contributed by atoms with Crippen LogP contribution in [-0.2, 0) is 0 Å². The second kappa shape index (κ2) is 13.9. The van der Waals surface area contributed by atoms with Crippen LogP contribution in [0.25, 0.3) is 143 Å². The fraction of sp³-hybridized carbons (Fsp3) is 0. The summed E-state index contributed by atoms with van der Waals surface area (Å²) in [7, 11) is 0. The van der Waals surface area contributed by atoms with Crippen molar-refractivity contribution in [3.8, 4) is 56.2 Å². The molecule has 14 aromatic rings. The Balaban J connectivity index is 0.872. The molecule has 3 heteroatoms. The summed E-state index contributed by atoms with van der Waals surface area (Å²) in [6.07, 6.45) is 0. The van der Waals surface area contributed by atoms with Gasteiger partial charge in [0.25, 0.3) is 0 Å². The Kier molecular flexibility index (Phi) is 7.69. The molecule has 0 unspecified atom stereocenters. The van der Waals surface area contributed by atoms with Gasteiger partial charge >= 0.3 is 0 Å². The van der Waals surface area contributed by atoms with Crippen molar-refractivity contribution in [1.29, 1.82) is 0 Å². The molecule has 12 aromatic carbocycles. The largest absolute Gasteiger partial charge is 0.456 e. The van der Waals surface area contributed by atoms with Crippen LogP contribution in [-0.4, -0.2) is 9.97 Å². The van der Waals surface area contributed by atoms with E-state index >= 15 is 0 Å². The minimum absolute atomic E-state index is 0.684. The molecule has 0 aliphatic carbocycles. The first kappa shape index (κ1) is 35.9. The zero-order valence-electron chi connectivity index (χ0n) is 35.1. The normalized spacial score (nSPS) is 12.0. The predicted molar refractivity (Wildman–Crippen MR) is 273 cm³/mol. The number of benzene rings is 11. The fourth-order valence-corrected chi connectivity index (χ4v) is 10.6. The van der Waals surface area contributed by atoms with Crippen molar-refractivity contribution in [2.45, 2.75) is 0 Å². The number of aromatic nitrogens is 2. The van der Waals surface area contributed by atoms with Gasteiger partial charge in [-0.2, -0.15) is 0 Å². The molecule has 14 rings (SSSR count). The third kappa shape index (κ3) is 5.56. The predicted octanol–water partition coefficient (Wildman–Crippen LogP) is 17.1. The number of hydrogen-bond donors (Lipinski definition) is 0. The van der Waals surface area contributed by atoms with Crippen molar-refractivity contribution < 1.29 is 4.42 Å². The van der Waals surface area contributed by atoms with Gasteiger partial charge in [-0.15, -0.1) is 0 Å². The molecule has 0 aliphatic rings. The Morgan fingerprint density at radius 3 is 1.42 bits per heavy atom. The van der Waals surface area contributed by atoms with Crippen molar-refractivity contribution in [2.24, 2.45) is 0 Å². The second-order valence-electron chi connectivity index (χ2n) is 17.2. The number of furan rings is 1. The third-order valence-corrected chi connectivity index (χ3v) is 13.6. The maximum Gasteiger partial charge on any atom is 0.160 e. The zero-order valence-corrected chi connectivity index (χ0v) is 35.1. The van der Waals surface area contributed by atoms with Crippen LogP contribution >= 0.6 is 0 Å². The summed E-state index contributed by atoms with van der Waals surface area (Å²) in [6.45, 7) is 0. The van der Waals surface area contributed by atoms with Gasteiger partial charge in [-0.1, -0.05) is 188 Å². The van der Waals surface area contributed by atoms with Gasteiger partial charge in [0.15, 0.2) is 5.82 Å². The smallest absolute Gasteiger partial charge is 0.160 e. The lowest BCUT2D eigenvalue weighted by atomic mass is 9.86. The maximum atomic E-state index is 6.27. The average Bonchev–Trinajstić information content (AvgIpc) is 3.76. The zero-order chi connectivity index (χ0) is 42.6. The highest BCUT2D eigenvalue weighted by Crippen LogP contribution is 2.45. The first-order chi connectivity index (χ1) is 32.2. The van der Waals surface area contributed by atoms with E-state index in [-0.39, 0.29) is 0 Å². The molecule has 65 heavy (non-hydrogen) atoms. The van der Waals surface area contributed by atoms with E-state index in [4.69, 9.17) is 14.4 Å². The van der Waals surface area contributed by atoms with Crippen molar-refractivity contribution in [1.82, 2.24) is 9.97 Å². The molecule has 0 saturated carbocycles. The van der Waals surface area contributed by atoms with E-state index in [0.717, 1.165) is 61.1 Å². The Morgan fingerprint density at radius 2 is 0.754 bits per heavy atom. The quantitative estimate of drug-likeness (QED) is 0.162. The van der Waals surface area contributed by atoms with E-state index in [2.05, 4.69) is 176 Å². The highest BCUT2D eigenvalue weighted by Gasteiger charge is 2.19. The summed E-state index contributed by atoms with van der Waals surface area (Å²) in [5, 5.41) is 17.6. The third-order valence-electron chi connectivity index (χ3n) is 13.6. The summed E-state index contributed by atoms with van der Waals surface area (Å²) in [6, 6.07) is 78.8. The summed E-state index contributed by atoms with van der Waals surface area (Å²) in [5.74, 6) is 0.684. The first-order valence-electron chi connectivity index (χ1n) is 22.2. The van der Waals surface area contributed by atoms with E-state index in [1.807, 2.05) is 42.5 Å². The Labute approximate surface area is 373 Å². The van der Waals surface area contributed by atoms with Crippen LogP contribution < -0.4 is 0 Å². The van der Waals surface area contributed by atoms with Gasteiger partial charge in [0.2, 0.25) is 0 Å². The van der Waals surface area contributed by atoms with Crippen LogP contribution in [0.4, 0.5) is 0 Å². The Morgan fingerprint density at radius 1 is 0.262 bits per heavy atom. The number of nitrogens with zero attached hydrogens (tertiary/aromatic N) is 2. The van der Waals surface area contributed by atoms with E-state index in [1.165, 1.54) is 75.8 Å². The highest BCUT2D eigenvalue weighted by atomic mass is 16.3. The lowest BCUT2D eigenvalue weighted by Crippen LogP contribution is -1.96. The van der Waals surface area contributed by atoms with Gasteiger partial charge < -0.3 is 4.42 Å². The highest BCUT2D eigenvalue weighted by molar-refractivity contribution is 6.37. The topological polar surface area (TPSA) is 38.9 Å². The molecule has 2 heterocycles. The van der Waals surface area contributed by atoms with Gasteiger partial charge in [0.1, 0.15) is 11.2 Å². The molecular formula is C62H36N2O. The Bertz CT molecular complexity index is 4200. The van der Waals surface area contributed by atoms with Crippen LogP contribution in [0.1, 0.15) is 0 Å². The van der Waals surface area contributed by atoms with Crippen LogP contribution in [0.15, 0.2) is 223 Å². The molecule has 0 aliphatic heterocycles. The van der Waals surface area contributed by atoms with Crippen LogP contribution in [0, 0.1) is 0 Å². The average molecular weight is 825 g/mol. The molecule has 3 nitrogen and oxygen atoms in total. The van der Waals surface area contributed by atoms with Gasteiger partial charge in [-0.25, -0.2) is 9.97 Å². The number of fused-ring (bicyclic) bond motifs is 5. The van der Waals surface area contributed by atoms with Crippen molar-refractivity contribution in [3.05, 3.63) is 218 Å². The molecule has 2 aromatic heterocycles. The van der Waals surface area contributed by atoms with Gasteiger partial charge in [-0.05, 0) is 117 Å². The van der Waals surface area contributed by atoms with E-state index in [0.29, 0.717) is 5.82 Å². The maximum absolute atomic E-state index is 6.27. The van der Waals surface area contributed by atoms with E-state index < -0.39 is 0 Å². The SMILES string of the molecule is c1ccc(-c2nc(-c3ccc(-c4ccc(-c5cc6ccc7cccc8c9cccc%10ccc%11cccc(c(c5)c6c78)c%11c%109)cc4)cc3)cc(-c3cccc4oc5ccccc5c34)n2)cc1. The van der Waals surface area contributed by atoms with Crippen molar-refractivity contribution in [3.63, 3.8) is 0 Å². The standard InChI is InChI=1S/C62H36N2O/c1-2-10-44(11-3-1)62-63-53(36-54(64-62)50-19-9-21-56-61(50)51-15-4-5-20-55(51)65-56)40-28-26-38(27-29-40)37-22-24-39(25-23-37)46-34-45-33-32-43-13-7-17-48-47-16-6-12-41-30-31-42-14-8-18-49(59(42)57(41)47)52(35-46)60(45)58(43)48/h1-36H. The minimum Gasteiger partial charge on any atom is -0.456 e. The molecule has 0 N–H and O–H groups in total. The van der Waals surface area contributed by atoms with E-state index in [9.17, 15) is 0 Å². The molecule has 0 atom stereocenters. The van der Waals surface area contributed by atoms with Crippen molar-refractivity contribution >= 4 is 86.6 Å². The lowest BCUT2D eigenvalue weighted by molar-refractivity contribution is 0.669. The molecule has 0 radical (unpaired) electrons. The minimum atomic E-state index is 0.684. The van der Waals surface area contributed by atoms with Gasteiger partial charge in [0.05, 0.1) is 11.4 Å². The summed E-state index contributed by atoms with van der Waals surface area (Å²) in [4.78, 5) is 10.3. The number of hydrogen-bond acceptors (Lipinski definition) is 3. The molecule has 0 amide bonds. The van der Waals surface area contributed by atoms with Crippen LogP contribution in [0.2, 0.25) is 0 Å². The second-order valence-corrected chi connectivity index (χ2v) is 17.2. The van der Waals surface area contributed by atoms with Gasteiger partial charge in [0, 0.05) is 27.5 Å². The summed E-state index contributed by atoms with van der Waals surface area (Å²) < 4.78 is 6.27. The molecule has 0 spiro atoms. The molecule has 0 saturated heterocycles. The Hall–Kier alpha value is -8.66. The fourth-order valence-electron chi connectivity index (χ4n) is 10.6. The molecule has 0 bridgehead atoms. The summed E-state index contributed by atoms with van der Waals surface area (Å²) in [5.41, 5.74) is 11.1. The first-order valence-corrected chi connectivity index (χ1v) is 22.2.